The fourth-order valence-electron chi connectivity index (χ4n) is 2.44. The van der Waals surface area contributed by atoms with Crippen LogP contribution in [0.2, 0.25) is 0 Å². The largest absolute Gasteiger partial charge is 0.399 e. The van der Waals surface area contributed by atoms with Gasteiger partial charge in [0.2, 0.25) is 0 Å². The maximum atomic E-state index is 9.58. The average Bonchev–Trinajstić information content (AvgIpc) is 2.60. The van der Waals surface area contributed by atoms with E-state index >= 15 is 0 Å². The second kappa shape index (κ2) is 7.97. The Hall–Kier alpha value is -2.34. The van der Waals surface area contributed by atoms with Crippen LogP contribution in [0.25, 0.3) is 22.2 Å². The van der Waals surface area contributed by atoms with E-state index in [-0.39, 0.29) is 25.6 Å². The number of hydrogen-bond acceptors (Lipinski definition) is 5. The summed E-state index contributed by atoms with van der Waals surface area (Å²) in [6.07, 6.45) is -0.820. The molecule has 5 nitrogen and oxygen atoms in total. The maximum Gasteiger partial charge on any atom is 0.0942 e. The van der Waals surface area contributed by atoms with Gasteiger partial charge in [0.1, 0.15) is 0 Å². The Morgan fingerprint density at radius 1 is 1.08 bits per heavy atom. The van der Waals surface area contributed by atoms with Crippen molar-refractivity contribution >= 4 is 34.7 Å². The molecule has 0 fully saturated rings. The molecule has 0 spiro atoms. The van der Waals surface area contributed by atoms with Crippen molar-refractivity contribution in [3.63, 3.8) is 0 Å². The molecule has 0 saturated carbocycles. The van der Waals surface area contributed by atoms with Gasteiger partial charge in [-0.3, -0.25) is 0 Å². The smallest absolute Gasteiger partial charge is 0.0942 e. The zero-order valence-corrected chi connectivity index (χ0v) is 13.8. The van der Waals surface area contributed by atoms with Crippen molar-refractivity contribution in [1.82, 2.24) is 4.98 Å². The van der Waals surface area contributed by atoms with Gasteiger partial charge in [-0.15, -0.1) is 12.4 Å². The van der Waals surface area contributed by atoms with Crippen molar-refractivity contribution in [2.75, 3.05) is 24.2 Å². The third-order valence-electron chi connectivity index (χ3n) is 3.64. The second-order valence-electron chi connectivity index (χ2n) is 5.41. The number of halogens is 1. The van der Waals surface area contributed by atoms with E-state index in [4.69, 9.17) is 10.8 Å². The predicted octanol–water partition coefficient (Wildman–Crippen LogP) is 2.67. The van der Waals surface area contributed by atoms with E-state index in [1.807, 2.05) is 54.6 Å². The quantitative estimate of drug-likeness (QED) is 0.534. The number of fused-ring (bicyclic) bond motifs is 1. The Balaban J connectivity index is 0.00000208. The third kappa shape index (κ3) is 3.94. The Morgan fingerprint density at radius 3 is 2.54 bits per heavy atom. The first-order chi connectivity index (χ1) is 11.2. The topological polar surface area (TPSA) is 91.4 Å². The standard InChI is InChI=1S/C18H19N3O2.ClH/c19-13-6-7-16-15(8-13)18(20-10-14(23)11-22)9-17(21-16)12-4-2-1-3-5-12;/h1-9,14,22-23H,10-11,19H2,(H,20,21);1H. The normalized spacial score (nSPS) is 11.8. The summed E-state index contributed by atoms with van der Waals surface area (Å²) >= 11 is 0. The highest BCUT2D eigenvalue weighted by atomic mass is 35.5. The first-order valence-electron chi connectivity index (χ1n) is 7.46. The molecule has 0 amide bonds. The Bertz CT molecular complexity index is 812. The molecule has 1 atom stereocenters. The van der Waals surface area contributed by atoms with Gasteiger partial charge in [0.25, 0.3) is 0 Å². The lowest BCUT2D eigenvalue weighted by Crippen LogP contribution is -2.23. The van der Waals surface area contributed by atoms with Crippen LogP contribution in [-0.2, 0) is 0 Å². The molecule has 0 aliphatic heterocycles. The van der Waals surface area contributed by atoms with Crippen molar-refractivity contribution < 1.29 is 10.2 Å². The van der Waals surface area contributed by atoms with Gasteiger partial charge in [-0.1, -0.05) is 30.3 Å². The van der Waals surface area contributed by atoms with Crippen LogP contribution >= 0.6 is 12.4 Å². The summed E-state index contributed by atoms with van der Waals surface area (Å²) < 4.78 is 0. The zero-order valence-electron chi connectivity index (χ0n) is 13.0. The number of aliphatic hydroxyl groups excluding tert-OH is 2. The lowest BCUT2D eigenvalue weighted by molar-refractivity contribution is 0.105. The lowest BCUT2D eigenvalue weighted by Gasteiger charge is -2.14. The van der Waals surface area contributed by atoms with Crippen LogP contribution in [0.3, 0.4) is 0 Å². The highest BCUT2D eigenvalue weighted by Gasteiger charge is 2.09. The van der Waals surface area contributed by atoms with Gasteiger partial charge >= 0.3 is 0 Å². The van der Waals surface area contributed by atoms with Crippen molar-refractivity contribution in [3.05, 3.63) is 54.6 Å². The lowest BCUT2D eigenvalue weighted by atomic mass is 10.1. The molecule has 126 valence electrons. The number of nitrogens with one attached hydrogen (secondary N) is 1. The molecule has 1 unspecified atom stereocenters. The molecule has 3 aromatic rings. The van der Waals surface area contributed by atoms with E-state index in [9.17, 15) is 5.11 Å². The summed E-state index contributed by atoms with van der Waals surface area (Å²) in [5, 5.41) is 22.6. The minimum atomic E-state index is -0.820. The molecule has 0 saturated heterocycles. The Labute approximate surface area is 146 Å². The van der Waals surface area contributed by atoms with Crippen LogP contribution in [0.4, 0.5) is 11.4 Å². The van der Waals surface area contributed by atoms with Crippen LogP contribution in [0.1, 0.15) is 0 Å². The zero-order chi connectivity index (χ0) is 16.2. The highest BCUT2D eigenvalue weighted by molar-refractivity contribution is 5.95. The minimum absolute atomic E-state index is 0. The molecule has 0 aliphatic carbocycles. The van der Waals surface area contributed by atoms with Crippen molar-refractivity contribution in [1.29, 1.82) is 0 Å². The van der Waals surface area contributed by atoms with Gasteiger partial charge in [0.05, 0.1) is 23.9 Å². The van der Waals surface area contributed by atoms with Gasteiger partial charge < -0.3 is 21.3 Å². The van der Waals surface area contributed by atoms with E-state index in [1.54, 1.807) is 0 Å². The summed E-state index contributed by atoms with van der Waals surface area (Å²) in [5.41, 5.74) is 10.0. The molecule has 3 rings (SSSR count). The highest BCUT2D eigenvalue weighted by Crippen LogP contribution is 2.29. The molecule has 1 aromatic heterocycles. The molecule has 0 aliphatic rings. The summed E-state index contributed by atoms with van der Waals surface area (Å²) in [6.45, 7) is -0.0393. The van der Waals surface area contributed by atoms with Gasteiger partial charge in [-0.05, 0) is 24.3 Å². The molecule has 0 bridgehead atoms. The van der Waals surface area contributed by atoms with Crippen LogP contribution in [0, 0.1) is 0 Å². The fourth-order valence-corrected chi connectivity index (χ4v) is 2.44. The summed E-state index contributed by atoms with van der Waals surface area (Å²) in [5.74, 6) is 0. The Morgan fingerprint density at radius 2 is 1.83 bits per heavy atom. The maximum absolute atomic E-state index is 9.58. The number of nitrogens with zero attached hydrogens (tertiary/aromatic N) is 1. The second-order valence-corrected chi connectivity index (χ2v) is 5.41. The number of anilines is 2. The number of pyridine rings is 1. The van der Waals surface area contributed by atoms with E-state index in [2.05, 4.69) is 10.3 Å². The van der Waals surface area contributed by atoms with Gasteiger partial charge in [0.15, 0.2) is 0 Å². The summed E-state index contributed by atoms with van der Waals surface area (Å²) in [6, 6.07) is 17.4. The van der Waals surface area contributed by atoms with Crippen LogP contribution < -0.4 is 11.1 Å². The first kappa shape index (κ1) is 18.0. The molecule has 6 heteroatoms. The Kier molecular flexibility index (Phi) is 5.98. The number of aromatic nitrogens is 1. The SMILES string of the molecule is Cl.Nc1ccc2nc(-c3ccccc3)cc(NCC(O)CO)c2c1. The number of aliphatic hydroxyl groups is 2. The van der Waals surface area contributed by atoms with Crippen molar-refractivity contribution in [2.24, 2.45) is 0 Å². The van der Waals surface area contributed by atoms with E-state index in [1.165, 1.54) is 0 Å². The number of nitrogen functional groups attached to an aromatic ring is 1. The minimum Gasteiger partial charge on any atom is -0.399 e. The third-order valence-corrected chi connectivity index (χ3v) is 3.64. The van der Waals surface area contributed by atoms with Gasteiger partial charge in [-0.2, -0.15) is 0 Å². The van der Waals surface area contributed by atoms with Crippen molar-refractivity contribution in [2.45, 2.75) is 6.10 Å². The summed E-state index contributed by atoms with van der Waals surface area (Å²) in [7, 11) is 0. The van der Waals surface area contributed by atoms with Crippen LogP contribution in [0.15, 0.2) is 54.6 Å². The molecule has 0 radical (unpaired) electrons. The van der Waals surface area contributed by atoms with Gasteiger partial charge in [0, 0.05) is 28.9 Å². The van der Waals surface area contributed by atoms with Crippen LogP contribution in [-0.4, -0.2) is 34.5 Å². The molecule has 24 heavy (non-hydrogen) atoms. The van der Waals surface area contributed by atoms with E-state index < -0.39 is 6.10 Å². The van der Waals surface area contributed by atoms with E-state index in [0.29, 0.717) is 5.69 Å². The number of nitrogens with two attached hydrogens (primary N) is 1. The van der Waals surface area contributed by atoms with Crippen molar-refractivity contribution in [3.8, 4) is 11.3 Å². The number of rotatable bonds is 5. The number of hydrogen-bond donors (Lipinski definition) is 4. The predicted molar refractivity (Wildman–Crippen MR) is 100 cm³/mol. The average molecular weight is 346 g/mol. The van der Waals surface area contributed by atoms with Crippen LogP contribution in [0.5, 0.6) is 0 Å². The molecular weight excluding hydrogens is 326 g/mol. The molecule has 1 heterocycles. The van der Waals surface area contributed by atoms with E-state index in [0.717, 1.165) is 27.8 Å². The fraction of sp³-hybridized carbons (Fsp3) is 0.167. The molecule has 5 N–H and O–H groups in total. The first-order valence-corrected chi connectivity index (χ1v) is 7.46. The molecular formula is C18H20ClN3O2. The summed E-state index contributed by atoms with van der Waals surface area (Å²) in [4.78, 5) is 4.69. The molecule has 2 aromatic carbocycles. The number of benzene rings is 2. The monoisotopic (exact) mass is 345 g/mol. The van der Waals surface area contributed by atoms with Gasteiger partial charge in [-0.25, -0.2) is 4.98 Å².